The van der Waals surface area contributed by atoms with Crippen molar-refractivity contribution in [2.24, 2.45) is 0 Å². The first-order valence-corrected chi connectivity index (χ1v) is 7.72. The lowest BCUT2D eigenvalue weighted by Crippen LogP contribution is -2.22. The van der Waals surface area contributed by atoms with Gasteiger partial charge in [-0.05, 0) is 43.5 Å². The van der Waals surface area contributed by atoms with Gasteiger partial charge in [-0.2, -0.15) is 0 Å². The normalized spacial score (nSPS) is 16.1. The molecule has 1 unspecified atom stereocenters. The molecule has 2 nitrogen and oxygen atoms in total. The highest BCUT2D eigenvalue weighted by molar-refractivity contribution is 5.40. The lowest BCUT2D eigenvalue weighted by molar-refractivity contribution is 0.356. The molecule has 1 aliphatic rings. The van der Waals surface area contributed by atoms with E-state index in [1.807, 2.05) is 0 Å². The Morgan fingerprint density at radius 2 is 1.76 bits per heavy atom. The number of ether oxygens (including phenoxy) is 1. The van der Waals surface area contributed by atoms with Crippen molar-refractivity contribution in [3.8, 4) is 5.75 Å². The second kappa shape index (κ2) is 5.90. The monoisotopic (exact) mass is 281 g/mol. The van der Waals surface area contributed by atoms with Crippen LogP contribution in [0.4, 0.5) is 0 Å². The number of hydrogen-bond acceptors (Lipinski definition) is 2. The van der Waals surface area contributed by atoms with Crippen LogP contribution in [0.5, 0.6) is 5.75 Å². The summed E-state index contributed by atoms with van der Waals surface area (Å²) in [6.07, 6.45) is 1.03. The average Bonchev–Trinajstić information content (AvgIpc) is 2.94. The van der Waals surface area contributed by atoms with Gasteiger partial charge in [0.05, 0.1) is 6.61 Å². The summed E-state index contributed by atoms with van der Waals surface area (Å²) in [7, 11) is 0. The molecule has 2 aromatic rings. The molecule has 0 spiro atoms. The van der Waals surface area contributed by atoms with Gasteiger partial charge in [0.25, 0.3) is 0 Å². The number of aryl methyl sites for hydroxylation is 1. The van der Waals surface area contributed by atoms with E-state index in [9.17, 15) is 0 Å². The molecule has 2 atom stereocenters. The van der Waals surface area contributed by atoms with E-state index >= 15 is 0 Å². The highest BCUT2D eigenvalue weighted by Crippen LogP contribution is 2.29. The predicted molar refractivity (Wildman–Crippen MR) is 86.8 cm³/mol. The molecule has 110 valence electrons. The molecule has 1 heterocycles. The van der Waals surface area contributed by atoms with Crippen molar-refractivity contribution < 1.29 is 4.74 Å². The molecule has 0 saturated carbocycles. The minimum atomic E-state index is 0.325. The maximum Gasteiger partial charge on any atom is 0.122 e. The zero-order valence-electron chi connectivity index (χ0n) is 13.0. The van der Waals surface area contributed by atoms with Gasteiger partial charge in [-0.15, -0.1) is 0 Å². The summed E-state index contributed by atoms with van der Waals surface area (Å²) in [6.45, 7) is 7.41. The molecule has 0 amide bonds. The van der Waals surface area contributed by atoms with Crippen LogP contribution >= 0.6 is 0 Å². The number of benzene rings is 2. The summed E-state index contributed by atoms with van der Waals surface area (Å²) < 4.78 is 5.58. The van der Waals surface area contributed by atoms with Crippen LogP contribution < -0.4 is 10.1 Å². The van der Waals surface area contributed by atoms with Gasteiger partial charge in [-0.25, -0.2) is 0 Å². The van der Waals surface area contributed by atoms with Crippen molar-refractivity contribution in [1.29, 1.82) is 0 Å². The molecule has 0 aromatic heterocycles. The average molecular weight is 281 g/mol. The molecule has 0 bridgehead atoms. The topological polar surface area (TPSA) is 21.3 Å². The molecule has 2 aromatic carbocycles. The van der Waals surface area contributed by atoms with Gasteiger partial charge < -0.3 is 10.1 Å². The Kier molecular flexibility index (Phi) is 3.98. The third-order valence-corrected chi connectivity index (χ3v) is 4.26. The van der Waals surface area contributed by atoms with Crippen LogP contribution in [0.25, 0.3) is 0 Å². The second-order valence-corrected chi connectivity index (χ2v) is 5.99. The first kappa shape index (κ1) is 14.2. The summed E-state index contributed by atoms with van der Waals surface area (Å²) in [5.74, 6) is 1.05. The molecular formula is C19H23NO. The van der Waals surface area contributed by atoms with E-state index in [1.165, 1.54) is 22.3 Å². The number of nitrogens with one attached hydrogen (secondary N) is 1. The summed E-state index contributed by atoms with van der Waals surface area (Å²) in [4.78, 5) is 0. The molecule has 21 heavy (non-hydrogen) atoms. The molecular weight excluding hydrogens is 258 g/mol. The third-order valence-electron chi connectivity index (χ3n) is 4.26. The molecule has 0 saturated heterocycles. The number of rotatable bonds is 4. The van der Waals surface area contributed by atoms with E-state index in [-0.39, 0.29) is 0 Å². The van der Waals surface area contributed by atoms with Crippen molar-refractivity contribution >= 4 is 0 Å². The van der Waals surface area contributed by atoms with Gasteiger partial charge in [0.2, 0.25) is 0 Å². The maximum atomic E-state index is 5.58. The smallest absolute Gasteiger partial charge is 0.122 e. The van der Waals surface area contributed by atoms with Crippen molar-refractivity contribution in [3.05, 3.63) is 64.7 Å². The molecule has 0 radical (unpaired) electrons. The fourth-order valence-corrected chi connectivity index (χ4v) is 2.98. The van der Waals surface area contributed by atoms with E-state index in [4.69, 9.17) is 4.74 Å². The number of fused-ring (bicyclic) bond motifs is 1. The minimum Gasteiger partial charge on any atom is -0.493 e. The van der Waals surface area contributed by atoms with Gasteiger partial charge in [-0.3, -0.25) is 0 Å². The predicted octanol–water partition coefficient (Wildman–Crippen LogP) is 4.34. The molecule has 0 fully saturated rings. The zero-order chi connectivity index (χ0) is 14.8. The largest absolute Gasteiger partial charge is 0.493 e. The summed E-state index contributed by atoms with van der Waals surface area (Å²) in [6, 6.07) is 15.9. The Bertz CT molecular complexity index is 635. The van der Waals surface area contributed by atoms with Crippen LogP contribution in [-0.2, 0) is 6.42 Å². The Morgan fingerprint density at radius 3 is 2.52 bits per heavy atom. The molecule has 2 heteroatoms. The molecule has 1 aliphatic heterocycles. The van der Waals surface area contributed by atoms with Gasteiger partial charge in [-0.1, -0.05) is 42.0 Å². The highest BCUT2D eigenvalue weighted by Gasteiger charge is 2.16. The van der Waals surface area contributed by atoms with Crippen LogP contribution in [0, 0.1) is 6.92 Å². The fourth-order valence-electron chi connectivity index (χ4n) is 2.98. The quantitative estimate of drug-likeness (QED) is 0.900. The SMILES string of the molecule is Cc1cccc([C@@H](C)NC(C)c2ccc3c(c2)CCO3)c1. The Morgan fingerprint density at radius 1 is 1.00 bits per heavy atom. The van der Waals surface area contributed by atoms with E-state index in [2.05, 4.69) is 68.6 Å². The fraction of sp³-hybridized carbons (Fsp3) is 0.368. The van der Waals surface area contributed by atoms with E-state index in [0.29, 0.717) is 12.1 Å². The maximum absolute atomic E-state index is 5.58. The first-order chi connectivity index (χ1) is 10.1. The van der Waals surface area contributed by atoms with Gasteiger partial charge in [0.15, 0.2) is 0 Å². The van der Waals surface area contributed by atoms with E-state index in [1.54, 1.807) is 0 Å². The molecule has 1 N–H and O–H groups in total. The van der Waals surface area contributed by atoms with Crippen LogP contribution in [-0.4, -0.2) is 6.61 Å². The Balaban J connectivity index is 1.72. The van der Waals surface area contributed by atoms with Crippen molar-refractivity contribution in [1.82, 2.24) is 5.32 Å². The van der Waals surface area contributed by atoms with Crippen LogP contribution in [0.2, 0.25) is 0 Å². The van der Waals surface area contributed by atoms with E-state index < -0.39 is 0 Å². The Labute approximate surface area is 127 Å². The third kappa shape index (κ3) is 3.11. The van der Waals surface area contributed by atoms with Crippen LogP contribution in [0.3, 0.4) is 0 Å². The minimum absolute atomic E-state index is 0.325. The van der Waals surface area contributed by atoms with Crippen molar-refractivity contribution in [3.63, 3.8) is 0 Å². The highest BCUT2D eigenvalue weighted by atomic mass is 16.5. The standard InChI is InChI=1S/C19H23NO/c1-13-5-4-6-16(11-13)14(2)20-15(3)17-7-8-19-18(12-17)9-10-21-19/h4-8,11-12,14-15,20H,9-10H2,1-3H3/t14-,15?/m1/s1. The first-order valence-electron chi connectivity index (χ1n) is 7.72. The summed E-state index contributed by atoms with van der Waals surface area (Å²) in [5.41, 5.74) is 5.32. The van der Waals surface area contributed by atoms with Gasteiger partial charge in [0.1, 0.15) is 5.75 Å². The van der Waals surface area contributed by atoms with Crippen LogP contribution in [0.15, 0.2) is 42.5 Å². The number of hydrogen-bond donors (Lipinski definition) is 1. The van der Waals surface area contributed by atoms with Gasteiger partial charge >= 0.3 is 0 Å². The summed E-state index contributed by atoms with van der Waals surface area (Å²) in [5, 5.41) is 3.69. The van der Waals surface area contributed by atoms with E-state index in [0.717, 1.165) is 18.8 Å². The molecule has 3 rings (SSSR count). The van der Waals surface area contributed by atoms with Crippen molar-refractivity contribution in [2.75, 3.05) is 6.61 Å². The Hall–Kier alpha value is -1.80. The summed E-state index contributed by atoms with van der Waals surface area (Å²) >= 11 is 0. The lowest BCUT2D eigenvalue weighted by Gasteiger charge is -2.21. The van der Waals surface area contributed by atoms with Gasteiger partial charge in [0, 0.05) is 18.5 Å². The second-order valence-electron chi connectivity index (χ2n) is 5.99. The van der Waals surface area contributed by atoms with Crippen LogP contribution in [0.1, 0.15) is 48.2 Å². The lowest BCUT2D eigenvalue weighted by atomic mass is 10.0. The molecule has 0 aliphatic carbocycles. The van der Waals surface area contributed by atoms with Crippen molar-refractivity contribution in [2.45, 2.75) is 39.3 Å². The zero-order valence-corrected chi connectivity index (χ0v) is 13.0.